The van der Waals surface area contributed by atoms with Gasteiger partial charge in [0.1, 0.15) is 5.82 Å². The highest BCUT2D eigenvalue weighted by atomic mass is 79.9. The minimum Gasteiger partial charge on any atom is -0.396 e. The Morgan fingerprint density at radius 3 is 2.70 bits per heavy atom. The molecule has 0 heterocycles. The number of halogens is 2. The smallest absolute Gasteiger partial charge is 0.254 e. The SMILES string of the molecule is CC(C)CC(CCO)CNC(=O)c1ccc(Br)cc1F. The van der Waals surface area contributed by atoms with Crippen molar-refractivity contribution in [3.63, 3.8) is 0 Å². The van der Waals surface area contributed by atoms with Crippen molar-refractivity contribution in [3.8, 4) is 0 Å². The van der Waals surface area contributed by atoms with Gasteiger partial charge in [-0.1, -0.05) is 29.8 Å². The van der Waals surface area contributed by atoms with Crippen LogP contribution >= 0.6 is 15.9 Å². The van der Waals surface area contributed by atoms with Gasteiger partial charge in [0, 0.05) is 17.6 Å². The van der Waals surface area contributed by atoms with Crippen molar-refractivity contribution < 1.29 is 14.3 Å². The molecule has 1 aromatic carbocycles. The van der Waals surface area contributed by atoms with Crippen LogP contribution in [0.2, 0.25) is 0 Å². The number of hydrogen-bond donors (Lipinski definition) is 2. The van der Waals surface area contributed by atoms with Crippen molar-refractivity contribution >= 4 is 21.8 Å². The lowest BCUT2D eigenvalue weighted by atomic mass is 9.94. The van der Waals surface area contributed by atoms with Crippen LogP contribution in [0.5, 0.6) is 0 Å². The Kier molecular flexibility index (Phi) is 7.16. The van der Waals surface area contributed by atoms with E-state index in [-0.39, 0.29) is 18.1 Å². The summed E-state index contributed by atoms with van der Waals surface area (Å²) in [7, 11) is 0. The van der Waals surface area contributed by atoms with Crippen molar-refractivity contribution in [2.45, 2.75) is 26.7 Å². The zero-order valence-electron chi connectivity index (χ0n) is 11.8. The molecular formula is C15H21BrFNO2. The van der Waals surface area contributed by atoms with Gasteiger partial charge in [0.25, 0.3) is 5.91 Å². The number of hydrogen-bond acceptors (Lipinski definition) is 2. The Bertz CT molecular complexity index is 451. The molecule has 0 fully saturated rings. The highest BCUT2D eigenvalue weighted by molar-refractivity contribution is 9.10. The predicted octanol–water partition coefficient (Wildman–Crippen LogP) is 3.36. The van der Waals surface area contributed by atoms with Crippen LogP contribution in [0.4, 0.5) is 4.39 Å². The molecule has 0 aliphatic carbocycles. The molecule has 20 heavy (non-hydrogen) atoms. The second kappa shape index (κ2) is 8.37. The summed E-state index contributed by atoms with van der Waals surface area (Å²) in [6.45, 7) is 4.74. The van der Waals surface area contributed by atoms with Gasteiger partial charge in [-0.2, -0.15) is 0 Å². The van der Waals surface area contributed by atoms with Crippen LogP contribution in [0.3, 0.4) is 0 Å². The molecule has 1 unspecified atom stereocenters. The van der Waals surface area contributed by atoms with E-state index in [9.17, 15) is 9.18 Å². The quantitative estimate of drug-likeness (QED) is 0.795. The summed E-state index contributed by atoms with van der Waals surface area (Å²) < 4.78 is 14.3. The maximum atomic E-state index is 13.7. The summed E-state index contributed by atoms with van der Waals surface area (Å²) in [5.74, 6) is -0.253. The van der Waals surface area contributed by atoms with E-state index in [2.05, 4.69) is 35.1 Å². The van der Waals surface area contributed by atoms with Gasteiger partial charge in [-0.15, -0.1) is 0 Å². The van der Waals surface area contributed by atoms with E-state index in [1.54, 1.807) is 6.07 Å². The van der Waals surface area contributed by atoms with Gasteiger partial charge in [0.05, 0.1) is 5.56 Å². The number of rotatable bonds is 7. The summed E-state index contributed by atoms with van der Waals surface area (Å²) in [6, 6.07) is 4.36. The van der Waals surface area contributed by atoms with E-state index in [1.165, 1.54) is 12.1 Å². The molecule has 0 saturated heterocycles. The first-order valence-electron chi connectivity index (χ1n) is 6.78. The molecule has 0 aliphatic heterocycles. The Labute approximate surface area is 127 Å². The third-order valence-corrected chi connectivity index (χ3v) is 3.56. The lowest BCUT2D eigenvalue weighted by Crippen LogP contribution is -2.31. The predicted molar refractivity (Wildman–Crippen MR) is 81.1 cm³/mol. The van der Waals surface area contributed by atoms with E-state index >= 15 is 0 Å². The van der Waals surface area contributed by atoms with Gasteiger partial charge in [-0.05, 0) is 42.9 Å². The highest BCUT2D eigenvalue weighted by Crippen LogP contribution is 2.17. The molecule has 1 atom stereocenters. The van der Waals surface area contributed by atoms with Gasteiger partial charge < -0.3 is 10.4 Å². The van der Waals surface area contributed by atoms with Crippen LogP contribution in [0.1, 0.15) is 37.0 Å². The minimum absolute atomic E-state index is 0.0421. The number of benzene rings is 1. The molecule has 0 aromatic heterocycles. The van der Waals surface area contributed by atoms with Crippen LogP contribution in [-0.4, -0.2) is 24.2 Å². The topological polar surface area (TPSA) is 49.3 Å². The lowest BCUT2D eigenvalue weighted by molar-refractivity contribution is 0.0937. The summed E-state index contributed by atoms with van der Waals surface area (Å²) in [5.41, 5.74) is 0.0421. The van der Waals surface area contributed by atoms with Crippen LogP contribution in [0.25, 0.3) is 0 Å². The first-order chi connectivity index (χ1) is 9.43. The Morgan fingerprint density at radius 1 is 1.45 bits per heavy atom. The summed E-state index contributed by atoms with van der Waals surface area (Å²) in [6.07, 6.45) is 1.56. The number of aliphatic hydroxyl groups excluding tert-OH is 1. The largest absolute Gasteiger partial charge is 0.396 e. The van der Waals surface area contributed by atoms with Gasteiger partial charge >= 0.3 is 0 Å². The Hall–Kier alpha value is -0.940. The van der Waals surface area contributed by atoms with E-state index in [0.717, 1.165) is 6.42 Å². The molecule has 1 rings (SSSR count). The zero-order chi connectivity index (χ0) is 15.1. The van der Waals surface area contributed by atoms with Crippen molar-refractivity contribution in [2.75, 3.05) is 13.2 Å². The number of carbonyl (C=O) groups is 1. The molecule has 0 bridgehead atoms. The number of nitrogens with one attached hydrogen (secondary N) is 1. The monoisotopic (exact) mass is 345 g/mol. The fourth-order valence-electron chi connectivity index (χ4n) is 2.16. The number of carbonyl (C=O) groups excluding carboxylic acids is 1. The highest BCUT2D eigenvalue weighted by Gasteiger charge is 2.15. The minimum atomic E-state index is -0.542. The molecule has 1 aromatic rings. The van der Waals surface area contributed by atoms with Crippen LogP contribution in [0.15, 0.2) is 22.7 Å². The number of aliphatic hydroxyl groups is 1. The average Bonchev–Trinajstić information content (AvgIpc) is 2.35. The second-order valence-electron chi connectivity index (χ2n) is 5.34. The molecule has 0 radical (unpaired) electrons. The lowest BCUT2D eigenvalue weighted by Gasteiger charge is -2.18. The third-order valence-electron chi connectivity index (χ3n) is 3.07. The maximum absolute atomic E-state index is 13.7. The van der Waals surface area contributed by atoms with Crippen molar-refractivity contribution in [2.24, 2.45) is 11.8 Å². The van der Waals surface area contributed by atoms with Crippen LogP contribution in [-0.2, 0) is 0 Å². The van der Waals surface area contributed by atoms with E-state index < -0.39 is 11.7 Å². The maximum Gasteiger partial charge on any atom is 0.254 e. The molecule has 2 N–H and O–H groups in total. The van der Waals surface area contributed by atoms with Crippen molar-refractivity contribution in [1.29, 1.82) is 0 Å². The molecule has 0 spiro atoms. The van der Waals surface area contributed by atoms with Gasteiger partial charge in [-0.3, -0.25) is 4.79 Å². The van der Waals surface area contributed by atoms with Crippen LogP contribution < -0.4 is 5.32 Å². The van der Waals surface area contributed by atoms with Crippen molar-refractivity contribution in [1.82, 2.24) is 5.32 Å². The molecular weight excluding hydrogens is 325 g/mol. The third kappa shape index (κ3) is 5.59. The molecule has 0 saturated carbocycles. The Morgan fingerprint density at radius 2 is 2.15 bits per heavy atom. The summed E-state index contributed by atoms with van der Waals surface area (Å²) in [4.78, 5) is 11.9. The molecule has 0 aliphatic rings. The van der Waals surface area contributed by atoms with E-state index in [1.807, 2.05) is 0 Å². The first kappa shape index (κ1) is 17.1. The zero-order valence-corrected chi connectivity index (χ0v) is 13.4. The van der Waals surface area contributed by atoms with Crippen molar-refractivity contribution in [3.05, 3.63) is 34.1 Å². The Balaban J connectivity index is 2.60. The normalized spacial score (nSPS) is 12.5. The summed E-state index contributed by atoms with van der Waals surface area (Å²) in [5, 5.41) is 11.8. The second-order valence-corrected chi connectivity index (χ2v) is 6.26. The van der Waals surface area contributed by atoms with Gasteiger partial charge in [0.15, 0.2) is 0 Å². The molecule has 5 heteroatoms. The number of amides is 1. The average molecular weight is 346 g/mol. The van der Waals surface area contributed by atoms with E-state index in [0.29, 0.717) is 23.4 Å². The van der Waals surface area contributed by atoms with Gasteiger partial charge in [0.2, 0.25) is 0 Å². The fourth-order valence-corrected chi connectivity index (χ4v) is 2.49. The first-order valence-corrected chi connectivity index (χ1v) is 7.57. The standard InChI is InChI=1S/C15H21BrFNO2/c1-10(2)7-11(5-6-19)9-18-15(20)13-4-3-12(16)8-14(13)17/h3-4,8,10-11,19H,5-7,9H2,1-2H3,(H,18,20). The molecule has 1 amide bonds. The van der Waals surface area contributed by atoms with Gasteiger partial charge in [-0.25, -0.2) is 4.39 Å². The fraction of sp³-hybridized carbons (Fsp3) is 0.533. The summed E-state index contributed by atoms with van der Waals surface area (Å²) >= 11 is 3.16. The van der Waals surface area contributed by atoms with E-state index in [4.69, 9.17) is 5.11 Å². The molecule has 3 nitrogen and oxygen atoms in total. The van der Waals surface area contributed by atoms with Crippen LogP contribution in [0, 0.1) is 17.7 Å². The molecule has 112 valence electrons.